The first-order valence-electron chi connectivity index (χ1n) is 7.07. The maximum Gasteiger partial charge on any atom is 0.0624 e. The Balaban J connectivity index is 2.26. The number of nitrogens with zero attached hydrogens (tertiary/aromatic N) is 2. The van der Waals surface area contributed by atoms with E-state index in [1.807, 2.05) is 7.05 Å². The molecule has 2 aromatic rings. The molecule has 5 heteroatoms. The lowest BCUT2D eigenvalue weighted by atomic mass is 10.1. The number of aromatic nitrogens is 2. The number of rotatable bonds is 6. The van der Waals surface area contributed by atoms with Crippen LogP contribution in [0.25, 0.3) is 0 Å². The number of hydrogen-bond acceptors (Lipinski definition) is 3. The van der Waals surface area contributed by atoms with Crippen LogP contribution in [-0.4, -0.2) is 16.8 Å². The Hall–Kier alpha value is -0.840. The molecule has 3 nitrogen and oxygen atoms in total. The average molecular weight is 312 g/mol. The summed E-state index contributed by atoms with van der Waals surface area (Å²) in [7, 11) is 1.99. The van der Waals surface area contributed by atoms with Crippen LogP contribution < -0.4 is 5.32 Å². The van der Waals surface area contributed by atoms with Gasteiger partial charge in [-0.2, -0.15) is 5.10 Å². The molecule has 0 aliphatic rings. The van der Waals surface area contributed by atoms with E-state index < -0.39 is 0 Å². The third kappa shape index (κ3) is 3.08. The highest BCUT2D eigenvalue weighted by Gasteiger charge is 2.19. The SMILES string of the molecule is CCc1cc(CC(NC)c2scc(C)c2Cl)n(CC)n1. The maximum atomic E-state index is 6.40. The summed E-state index contributed by atoms with van der Waals surface area (Å²) in [5, 5.41) is 11.0. The molecular formula is C15H22ClN3S. The fourth-order valence-electron chi connectivity index (χ4n) is 2.35. The number of likely N-dealkylation sites (N-methyl/N-ethyl adjacent to an activating group) is 1. The lowest BCUT2D eigenvalue weighted by molar-refractivity contribution is 0.546. The molecule has 1 N–H and O–H groups in total. The zero-order chi connectivity index (χ0) is 14.7. The molecule has 110 valence electrons. The highest BCUT2D eigenvalue weighted by atomic mass is 35.5. The standard InChI is InChI=1S/C15H22ClN3S/c1-5-11-7-12(19(6-2)18-11)8-13(17-4)15-14(16)10(3)9-20-15/h7,9,13,17H,5-6,8H2,1-4H3. The molecule has 2 heterocycles. The molecule has 0 saturated heterocycles. The third-order valence-electron chi connectivity index (χ3n) is 3.58. The summed E-state index contributed by atoms with van der Waals surface area (Å²) in [6, 6.07) is 2.45. The van der Waals surface area contributed by atoms with Crippen molar-refractivity contribution >= 4 is 22.9 Å². The number of aryl methyl sites for hydroxylation is 3. The first-order chi connectivity index (χ1) is 9.60. The van der Waals surface area contributed by atoms with Gasteiger partial charge < -0.3 is 5.32 Å². The van der Waals surface area contributed by atoms with E-state index in [0.29, 0.717) is 0 Å². The first-order valence-corrected chi connectivity index (χ1v) is 8.32. The van der Waals surface area contributed by atoms with Crippen molar-refractivity contribution in [2.75, 3.05) is 7.05 Å². The second-order valence-corrected chi connectivity index (χ2v) is 6.23. The summed E-state index contributed by atoms with van der Waals surface area (Å²) in [6.07, 6.45) is 1.89. The Morgan fingerprint density at radius 1 is 1.45 bits per heavy atom. The molecule has 0 amide bonds. The summed E-state index contributed by atoms with van der Waals surface area (Å²) in [5.41, 5.74) is 3.58. The Kier molecular flexibility index (Phi) is 5.24. The van der Waals surface area contributed by atoms with E-state index in [1.54, 1.807) is 11.3 Å². The second-order valence-electron chi connectivity index (χ2n) is 4.94. The summed E-state index contributed by atoms with van der Waals surface area (Å²) in [4.78, 5) is 1.22. The predicted octanol–water partition coefficient (Wildman–Crippen LogP) is 3.99. The van der Waals surface area contributed by atoms with Gasteiger partial charge in [0.1, 0.15) is 0 Å². The summed E-state index contributed by atoms with van der Waals surface area (Å²) < 4.78 is 2.09. The van der Waals surface area contributed by atoms with Gasteiger partial charge in [0.15, 0.2) is 0 Å². The summed E-state index contributed by atoms with van der Waals surface area (Å²) in [5.74, 6) is 0. The van der Waals surface area contributed by atoms with Crippen LogP contribution >= 0.6 is 22.9 Å². The topological polar surface area (TPSA) is 29.9 Å². The van der Waals surface area contributed by atoms with E-state index in [2.05, 4.69) is 47.3 Å². The van der Waals surface area contributed by atoms with Crippen molar-refractivity contribution in [3.05, 3.63) is 38.3 Å². The van der Waals surface area contributed by atoms with Crippen molar-refractivity contribution in [2.45, 2.75) is 46.2 Å². The molecule has 2 rings (SSSR count). The average Bonchev–Trinajstić information content (AvgIpc) is 3.01. The van der Waals surface area contributed by atoms with E-state index in [-0.39, 0.29) is 6.04 Å². The van der Waals surface area contributed by atoms with Gasteiger partial charge in [-0.05, 0) is 44.3 Å². The summed E-state index contributed by atoms with van der Waals surface area (Å²) >= 11 is 8.13. The van der Waals surface area contributed by atoms with Crippen LogP contribution in [0.5, 0.6) is 0 Å². The lowest BCUT2D eigenvalue weighted by Crippen LogP contribution is -2.20. The minimum atomic E-state index is 0.243. The fourth-order valence-corrected chi connectivity index (χ4v) is 3.78. The lowest BCUT2D eigenvalue weighted by Gasteiger charge is -2.16. The van der Waals surface area contributed by atoms with Gasteiger partial charge >= 0.3 is 0 Å². The van der Waals surface area contributed by atoms with Crippen molar-refractivity contribution in [1.29, 1.82) is 0 Å². The van der Waals surface area contributed by atoms with Crippen molar-refractivity contribution in [3.8, 4) is 0 Å². The van der Waals surface area contributed by atoms with Crippen LogP contribution in [0, 0.1) is 6.92 Å². The Labute approximate surface area is 130 Å². The van der Waals surface area contributed by atoms with Gasteiger partial charge in [-0.1, -0.05) is 18.5 Å². The zero-order valence-electron chi connectivity index (χ0n) is 12.5. The van der Waals surface area contributed by atoms with Gasteiger partial charge in [0.2, 0.25) is 0 Å². The molecule has 0 saturated carbocycles. The van der Waals surface area contributed by atoms with Crippen molar-refractivity contribution in [1.82, 2.24) is 15.1 Å². The molecule has 1 atom stereocenters. The minimum Gasteiger partial charge on any atom is -0.312 e. The molecule has 0 aliphatic carbocycles. The highest BCUT2D eigenvalue weighted by molar-refractivity contribution is 7.10. The van der Waals surface area contributed by atoms with Crippen molar-refractivity contribution < 1.29 is 0 Å². The van der Waals surface area contributed by atoms with Crippen LogP contribution in [0.3, 0.4) is 0 Å². The molecule has 0 fully saturated rings. The normalized spacial score (nSPS) is 12.8. The fraction of sp³-hybridized carbons (Fsp3) is 0.533. The largest absolute Gasteiger partial charge is 0.312 e. The van der Waals surface area contributed by atoms with Gasteiger partial charge in [-0.3, -0.25) is 4.68 Å². The number of thiophene rings is 1. The molecule has 1 unspecified atom stereocenters. The second kappa shape index (κ2) is 6.74. The monoisotopic (exact) mass is 311 g/mol. The van der Waals surface area contributed by atoms with E-state index in [1.165, 1.54) is 10.6 Å². The molecule has 0 spiro atoms. The number of nitrogens with one attached hydrogen (secondary N) is 1. The Bertz CT molecular complexity index is 574. The molecule has 0 aliphatic heterocycles. The number of halogens is 1. The van der Waals surface area contributed by atoms with E-state index in [4.69, 9.17) is 11.6 Å². The highest BCUT2D eigenvalue weighted by Crippen LogP contribution is 2.34. The molecule has 20 heavy (non-hydrogen) atoms. The van der Waals surface area contributed by atoms with Crippen LogP contribution in [0.2, 0.25) is 5.02 Å². The first kappa shape index (κ1) is 15.5. The third-order valence-corrected chi connectivity index (χ3v) is 5.41. The van der Waals surface area contributed by atoms with Crippen molar-refractivity contribution in [3.63, 3.8) is 0 Å². The van der Waals surface area contributed by atoms with E-state index in [0.717, 1.165) is 35.7 Å². The Morgan fingerprint density at radius 3 is 2.70 bits per heavy atom. The van der Waals surface area contributed by atoms with Gasteiger partial charge in [0.25, 0.3) is 0 Å². The van der Waals surface area contributed by atoms with E-state index in [9.17, 15) is 0 Å². The molecular weight excluding hydrogens is 290 g/mol. The van der Waals surface area contributed by atoms with Gasteiger partial charge in [-0.25, -0.2) is 0 Å². The summed E-state index contributed by atoms with van der Waals surface area (Å²) in [6.45, 7) is 7.23. The van der Waals surface area contributed by atoms with E-state index >= 15 is 0 Å². The zero-order valence-corrected chi connectivity index (χ0v) is 14.1. The van der Waals surface area contributed by atoms with Crippen molar-refractivity contribution in [2.24, 2.45) is 0 Å². The predicted molar refractivity (Wildman–Crippen MR) is 86.8 cm³/mol. The van der Waals surface area contributed by atoms with Crippen LogP contribution in [0.1, 0.15) is 41.7 Å². The smallest absolute Gasteiger partial charge is 0.0624 e. The Morgan fingerprint density at radius 2 is 2.20 bits per heavy atom. The molecule has 0 radical (unpaired) electrons. The molecule has 0 aromatic carbocycles. The number of hydrogen-bond donors (Lipinski definition) is 1. The van der Waals surface area contributed by atoms with Gasteiger partial charge in [-0.15, -0.1) is 11.3 Å². The maximum absolute atomic E-state index is 6.40. The van der Waals surface area contributed by atoms with Gasteiger partial charge in [0, 0.05) is 29.6 Å². The van der Waals surface area contributed by atoms with Crippen LogP contribution in [0.4, 0.5) is 0 Å². The van der Waals surface area contributed by atoms with Gasteiger partial charge in [0.05, 0.1) is 10.7 Å². The molecule has 2 aromatic heterocycles. The molecule has 0 bridgehead atoms. The van der Waals surface area contributed by atoms with Crippen LogP contribution in [-0.2, 0) is 19.4 Å². The minimum absolute atomic E-state index is 0.243. The van der Waals surface area contributed by atoms with Crippen LogP contribution in [0.15, 0.2) is 11.4 Å². The quantitative estimate of drug-likeness (QED) is 0.874.